The first-order valence-corrected chi connectivity index (χ1v) is 7.49. The van der Waals surface area contributed by atoms with Crippen molar-refractivity contribution in [1.82, 2.24) is 5.32 Å². The van der Waals surface area contributed by atoms with Crippen LogP contribution >= 0.6 is 12.2 Å². The molecule has 4 nitrogen and oxygen atoms in total. The average Bonchev–Trinajstić information content (AvgIpc) is 2.92. The molecule has 0 fully saturated rings. The van der Waals surface area contributed by atoms with E-state index in [0.29, 0.717) is 11.7 Å². The molecule has 112 valence electrons. The lowest BCUT2D eigenvalue weighted by molar-refractivity contribution is 0.546. The van der Waals surface area contributed by atoms with Crippen LogP contribution in [0.1, 0.15) is 5.76 Å². The fourth-order valence-electron chi connectivity index (χ4n) is 2.20. The van der Waals surface area contributed by atoms with Gasteiger partial charge in [-0.15, -0.1) is 0 Å². The molecule has 0 aliphatic rings. The maximum Gasteiger partial charge on any atom is 0.170 e. The second kappa shape index (κ2) is 6.49. The maximum absolute atomic E-state index is 5.76. The monoisotopic (exact) mass is 311 g/mol. The lowest BCUT2D eigenvalue weighted by atomic mass is 10.2. The average molecular weight is 311 g/mol. The van der Waals surface area contributed by atoms with Crippen molar-refractivity contribution in [2.24, 2.45) is 0 Å². The van der Waals surface area contributed by atoms with E-state index in [4.69, 9.17) is 22.4 Å². The SMILES string of the molecule is Nc1ccc(NC(=S)NCCc2cc3ccccc3o2)cc1. The van der Waals surface area contributed by atoms with Crippen LogP contribution in [0.4, 0.5) is 11.4 Å². The Morgan fingerprint density at radius 3 is 2.64 bits per heavy atom. The topological polar surface area (TPSA) is 63.2 Å². The third-order valence-electron chi connectivity index (χ3n) is 3.30. The summed E-state index contributed by atoms with van der Waals surface area (Å²) in [7, 11) is 0. The van der Waals surface area contributed by atoms with E-state index in [2.05, 4.69) is 16.7 Å². The number of thiocarbonyl (C=S) groups is 1. The van der Waals surface area contributed by atoms with Crippen LogP contribution in [-0.4, -0.2) is 11.7 Å². The van der Waals surface area contributed by atoms with Crippen molar-refractivity contribution in [3.63, 3.8) is 0 Å². The minimum Gasteiger partial charge on any atom is -0.461 e. The number of para-hydroxylation sites is 1. The summed E-state index contributed by atoms with van der Waals surface area (Å²) < 4.78 is 5.76. The van der Waals surface area contributed by atoms with Crippen LogP contribution in [0, 0.1) is 0 Å². The molecule has 3 rings (SSSR count). The highest BCUT2D eigenvalue weighted by molar-refractivity contribution is 7.80. The Morgan fingerprint density at radius 2 is 1.86 bits per heavy atom. The predicted molar refractivity (Wildman–Crippen MR) is 95.0 cm³/mol. The van der Waals surface area contributed by atoms with Crippen LogP contribution in [0.5, 0.6) is 0 Å². The minimum absolute atomic E-state index is 0.584. The normalized spacial score (nSPS) is 10.5. The number of rotatable bonds is 4. The molecule has 0 aliphatic heterocycles. The lowest BCUT2D eigenvalue weighted by Gasteiger charge is -2.09. The van der Waals surface area contributed by atoms with E-state index in [9.17, 15) is 0 Å². The number of nitrogen functional groups attached to an aromatic ring is 1. The van der Waals surface area contributed by atoms with Gasteiger partial charge in [0.05, 0.1) is 0 Å². The third-order valence-corrected chi connectivity index (χ3v) is 3.55. The van der Waals surface area contributed by atoms with Crippen LogP contribution in [-0.2, 0) is 6.42 Å². The molecule has 22 heavy (non-hydrogen) atoms. The molecule has 5 heteroatoms. The summed E-state index contributed by atoms with van der Waals surface area (Å²) in [6.45, 7) is 0.709. The van der Waals surface area contributed by atoms with Gasteiger partial charge >= 0.3 is 0 Å². The van der Waals surface area contributed by atoms with Gasteiger partial charge in [0.2, 0.25) is 0 Å². The zero-order valence-electron chi connectivity index (χ0n) is 12.0. The highest BCUT2D eigenvalue weighted by Gasteiger charge is 2.03. The van der Waals surface area contributed by atoms with Gasteiger partial charge in [-0.25, -0.2) is 0 Å². The molecule has 0 saturated carbocycles. The van der Waals surface area contributed by atoms with Crippen LogP contribution in [0.25, 0.3) is 11.0 Å². The summed E-state index contributed by atoms with van der Waals surface area (Å²) in [5.41, 5.74) is 8.21. The fourth-order valence-corrected chi connectivity index (χ4v) is 2.42. The molecule has 0 unspecified atom stereocenters. The number of benzene rings is 2. The second-order valence-electron chi connectivity index (χ2n) is 5.00. The number of nitrogens with one attached hydrogen (secondary N) is 2. The summed E-state index contributed by atoms with van der Waals surface area (Å²) >= 11 is 5.26. The van der Waals surface area contributed by atoms with Gasteiger partial charge in [-0.2, -0.15) is 0 Å². The smallest absolute Gasteiger partial charge is 0.170 e. The maximum atomic E-state index is 5.76. The number of anilines is 2. The second-order valence-corrected chi connectivity index (χ2v) is 5.41. The zero-order valence-corrected chi connectivity index (χ0v) is 12.8. The molecule has 0 bridgehead atoms. The first-order chi connectivity index (χ1) is 10.7. The number of furan rings is 1. The van der Waals surface area contributed by atoms with Crippen molar-refractivity contribution in [1.29, 1.82) is 0 Å². The summed E-state index contributed by atoms with van der Waals surface area (Å²) in [5.74, 6) is 0.948. The van der Waals surface area contributed by atoms with Crippen molar-refractivity contribution in [2.75, 3.05) is 17.6 Å². The van der Waals surface area contributed by atoms with E-state index in [1.54, 1.807) is 0 Å². The van der Waals surface area contributed by atoms with Gasteiger partial charge in [0.1, 0.15) is 11.3 Å². The largest absolute Gasteiger partial charge is 0.461 e. The van der Waals surface area contributed by atoms with Gasteiger partial charge in [0, 0.05) is 29.7 Å². The van der Waals surface area contributed by atoms with E-state index in [1.807, 2.05) is 48.5 Å². The van der Waals surface area contributed by atoms with E-state index >= 15 is 0 Å². The lowest BCUT2D eigenvalue weighted by Crippen LogP contribution is -2.30. The van der Waals surface area contributed by atoms with Gasteiger partial charge < -0.3 is 20.8 Å². The quantitative estimate of drug-likeness (QED) is 0.508. The Bertz CT molecular complexity index is 747. The Labute approximate surface area is 134 Å². The van der Waals surface area contributed by atoms with Gasteiger partial charge in [0.25, 0.3) is 0 Å². The molecule has 0 amide bonds. The highest BCUT2D eigenvalue weighted by Crippen LogP contribution is 2.18. The molecule has 3 aromatic rings. The molecular formula is C17H17N3OS. The molecule has 0 aliphatic carbocycles. The first kappa shape index (κ1) is 14.4. The molecular weight excluding hydrogens is 294 g/mol. The number of hydrogen-bond donors (Lipinski definition) is 3. The summed E-state index contributed by atoms with van der Waals surface area (Å²) in [4.78, 5) is 0. The Morgan fingerprint density at radius 1 is 1.09 bits per heavy atom. The molecule has 0 atom stereocenters. The van der Waals surface area contributed by atoms with Crippen LogP contribution in [0.2, 0.25) is 0 Å². The number of hydrogen-bond acceptors (Lipinski definition) is 3. The van der Waals surface area contributed by atoms with Crippen LogP contribution in [0.3, 0.4) is 0 Å². The number of nitrogens with two attached hydrogens (primary N) is 1. The van der Waals surface area contributed by atoms with Crippen molar-refractivity contribution in [3.05, 3.63) is 60.4 Å². The van der Waals surface area contributed by atoms with Gasteiger partial charge in [-0.3, -0.25) is 0 Å². The number of fused-ring (bicyclic) bond motifs is 1. The Kier molecular flexibility index (Phi) is 4.25. The van der Waals surface area contributed by atoms with Gasteiger partial charge in [-0.05, 0) is 48.6 Å². The van der Waals surface area contributed by atoms with Crippen molar-refractivity contribution in [3.8, 4) is 0 Å². The van der Waals surface area contributed by atoms with E-state index in [0.717, 1.165) is 34.5 Å². The van der Waals surface area contributed by atoms with Gasteiger partial charge in [-0.1, -0.05) is 18.2 Å². The molecule has 2 aromatic carbocycles. The van der Waals surface area contributed by atoms with Crippen LogP contribution in [0.15, 0.2) is 59.0 Å². The van der Waals surface area contributed by atoms with E-state index < -0.39 is 0 Å². The first-order valence-electron chi connectivity index (χ1n) is 7.08. The Hall–Kier alpha value is -2.53. The van der Waals surface area contributed by atoms with Crippen LogP contribution < -0.4 is 16.4 Å². The van der Waals surface area contributed by atoms with Crippen molar-refractivity contribution >= 4 is 39.7 Å². The van der Waals surface area contributed by atoms with E-state index in [-0.39, 0.29) is 0 Å². The molecule has 1 heterocycles. The fraction of sp³-hybridized carbons (Fsp3) is 0.118. The van der Waals surface area contributed by atoms with Crippen molar-refractivity contribution < 1.29 is 4.42 Å². The summed E-state index contributed by atoms with van der Waals surface area (Å²) in [6.07, 6.45) is 0.776. The molecule has 0 spiro atoms. The third kappa shape index (κ3) is 3.56. The standard InChI is InChI=1S/C17H17N3OS/c18-13-5-7-14(8-6-13)20-17(22)19-10-9-15-11-12-3-1-2-4-16(12)21-15/h1-8,11H,9-10,18H2,(H2,19,20,22). The minimum atomic E-state index is 0.584. The summed E-state index contributed by atoms with van der Waals surface area (Å²) in [5, 5.41) is 7.99. The van der Waals surface area contributed by atoms with Crippen molar-refractivity contribution in [2.45, 2.75) is 6.42 Å². The van der Waals surface area contributed by atoms with E-state index in [1.165, 1.54) is 0 Å². The predicted octanol–water partition coefficient (Wildman–Crippen LogP) is 3.54. The highest BCUT2D eigenvalue weighted by atomic mass is 32.1. The zero-order chi connectivity index (χ0) is 15.4. The molecule has 0 saturated heterocycles. The molecule has 0 radical (unpaired) electrons. The molecule has 1 aromatic heterocycles. The molecule has 4 N–H and O–H groups in total. The summed E-state index contributed by atoms with van der Waals surface area (Å²) in [6, 6.07) is 17.5. The van der Waals surface area contributed by atoms with Gasteiger partial charge in [0.15, 0.2) is 5.11 Å². The Balaban J connectivity index is 1.49.